The van der Waals surface area contributed by atoms with Gasteiger partial charge in [-0.25, -0.2) is 4.98 Å². The molecular weight excluding hydrogens is 226 g/mol. The summed E-state index contributed by atoms with van der Waals surface area (Å²) in [6, 6.07) is 6.47. The van der Waals surface area contributed by atoms with Crippen LogP contribution in [0.3, 0.4) is 0 Å². The molecule has 94 valence electrons. The summed E-state index contributed by atoms with van der Waals surface area (Å²) < 4.78 is 2.10. The number of pyridine rings is 1. The lowest BCUT2D eigenvalue weighted by atomic mass is 10.1. The fraction of sp³-hybridized carbons (Fsp3) is 0.429. The van der Waals surface area contributed by atoms with E-state index in [0.29, 0.717) is 11.7 Å². The minimum Gasteiger partial charge on any atom is -0.314 e. The van der Waals surface area contributed by atoms with Gasteiger partial charge in [0, 0.05) is 18.2 Å². The first-order valence-electron chi connectivity index (χ1n) is 6.45. The van der Waals surface area contributed by atoms with Crippen LogP contribution in [-0.2, 0) is 6.42 Å². The second-order valence-corrected chi connectivity index (χ2v) is 4.92. The first kappa shape index (κ1) is 11.4. The fourth-order valence-corrected chi connectivity index (χ4v) is 2.78. The van der Waals surface area contributed by atoms with Gasteiger partial charge >= 0.3 is 0 Å². The van der Waals surface area contributed by atoms with E-state index in [0.717, 1.165) is 36.3 Å². The Hall–Kier alpha value is -1.68. The van der Waals surface area contributed by atoms with E-state index in [-0.39, 0.29) is 0 Å². The highest BCUT2D eigenvalue weighted by atomic mass is 16.1. The van der Waals surface area contributed by atoms with Gasteiger partial charge in [-0.2, -0.15) is 0 Å². The number of fused-ring (bicyclic) bond motifs is 1. The Bertz CT molecular complexity index is 582. The minimum atomic E-state index is 0.495. The van der Waals surface area contributed by atoms with Crippen LogP contribution in [0.1, 0.15) is 34.8 Å². The minimum absolute atomic E-state index is 0.495. The van der Waals surface area contributed by atoms with Crippen molar-refractivity contribution < 1.29 is 4.79 Å². The molecule has 2 aromatic rings. The highest BCUT2D eigenvalue weighted by molar-refractivity contribution is 5.83. The summed E-state index contributed by atoms with van der Waals surface area (Å²) in [5.74, 6) is 0.990. The standard InChI is InChI=1S/C14H17N3O/c1-10-4-2-6-13-12(9-18)16-14(17(10)13)8-11-5-3-7-15-11/h2,4,6,9,11,15H,3,5,7-8H2,1H3. The van der Waals surface area contributed by atoms with Crippen molar-refractivity contribution >= 4 is 11.8 Å². The molecule has 1 aliphatic rings. The van der Waals surface area contributed by atoms with Gasteiger partial charge in [0.05, 0.1) is 5.52 Å². The first-order chi connectivity index (χ1) is 8.79. The highest BCUT2D eigenvalue weighted by Gasteiger charge is 2.19. The van der Waals surface area contributed by atoms with Crippen molar-refractivity contribution in [2.24, 2.45) is 0 Å². The van der Waals surface area contributed by atoms with E-state index in [1.165, 1.54) is 12.8 Å². The Kier molecular flexibility index (Phi) is 2.88. The lowest BCUT2D eigenvalue weighted by Gasteiger charge is -2.10. The van der Waals surface area contributed by atoms with Crippen LogP contribution in [0.2, 0.25) is 0 Å². The molecule has 4 nitrogen and oxygen atoms in total. The van der Waals surface area contributed by atoms with E-state index in [1.54, 1.807) is 0 Å². The van der Waals surface area contributed by atoms with Crippen LogP contribution in [0, 0.1) is 6.92 Å². The molecule has 0 amide bonds. The van der Waals surface area contributed by atoms with Gasteiger partial charge in [-0.3, -0.25) is 4.79 Å². The number of nitrogens with zero attached hydrogens (tertiary/aromatic N) is 2. The zero-order valence-electron chi connectivity index (χ0n) is 10.5. The molecule has 0 radical (unpaired) electrons. The molecule has 1 unspecified atom stereocenters. The number of nitrogens with one attached hydrogen (secondary N) is 1. The van der Waals surface area contributed by atoms with Crippen LogP contribution in [0.15, 0.2) is 18.2 Å². The van der Waals surface area contributed by atoms with Gasteiger partial charge in [0.2, 0.25) is 0 Å². The summed E-state index contributed by atoms with van der Waals surface area (Å²) in [6.45, 7) is 3.14. The summed E-state index contributed by atoms with van der Waals surface area (Å²) in [6.07, 6.45) is 4.16. The molecule has 1 saturated heterocycles. The van der Waals surface area contributed by atoms with Crippen LogP contribution in [0.4, 0.5) is 0 Å². The molecule has 2 aromatic heterocycles. The van der Waals surface area contributed by atoms with Crippen LogP contribution in [0.5, 0.6) is 0 Å². The molecule has 1 fully saturated rings. The SMILES string of the molecule is Cc1cccc2c(C=O)nc(CC3CCCN3)n12. The third kappa shape index (κ3) is 1.82. The molecule has 4 heteroatoms. The number of hydrogen-bond donors (Lipinski definition) is 1. The molecule has 3 rings (SSSR count). The zero-order valence-corrected chi connectivity index (χ0v) is 10.5. The number of carbonyl (C=O) groups excluding carboxylic acids is 1. The number of aryl methyl sites for hydroxylation is 1. The molecule has 0 aromatic carbocycles. The van der Waals surface area contributed by atoms with Gasteiger partial charge in [0.15, 0.2) is 6.29 Å². The molecule has 0 saturated carbocycles. The van der Waals surface area contributed by atoms with Crippen LogP contribution in [-0.4, -0.2) is 28.3 Å². The highest BCUT2D eigenvalue weighted by Crippen LogP contribution is 2.18. The Morgan fingerprint density at radius 1 is 1.56 bits per heavy atom. The van der Waals surface area contributed by atoms with E-state index < -0.39 is 0 Å². The molecule has 0 spiro atoms. The molecule has 0 bridgehead atoms. The average molecular weight is 243 g/mol. The maximum Gasteiger partial charge on any atom is 0.170 e. The van der Waals surface area contributed by atoms with Crippen molar-refractivity contribution in [3.05, 3.63) is 35.4 Å². The summed E-state index contributed by atoms with van der Waals surface area (Å²) in [7, 11) is 0. The molecule has 18 heavy (non-hydrogen) atoms. The molecular formula is C14H17N3O. The number of aldehydes is 1. The molecule has 3 heterocycles. The summed E-state index contributed by atoms with van der Waals surface area (Å²) in [5.41, 5.74) is 2.59. The van der Waals surface area contributed by atoms with Gasteiger partial charge in [-0.05, 0) is 38.4 Å². The van der Waals surface area contributed by atoms with Crippen LogP contribution < -0.4 is 5.32 Å². The summed E-state index contributed by atoms with van der Waals surface area (Å²) in [5, 5.41) is 3.47. The van der Waals surface area contributed by atoms with E-state index in [9.17, 15) is 4.79 Å². The number of hydrogen-bond acceptors (Lipinski definition) is 3. The normalized spacial score (nSPS) is 19.5. The van der Waals surface area contributed by atoms with Crippen LogP contribution >= 0.6 is 0 Å². The topological polar surface area (TPSA) is 46.4 Å². The summed E-state index contributed by atoms with van der Waals surface area (Å²) in [4.78, 5) is 15.6. The number of rotatable bonds is 3. The average Bonchev–Trinajstić information content (AvgIpc) is 2.98. The third-order valence-corrected chi connectivity index (χ3v) is 3.66. The Morgan fingerprint density at radius 2 is 2.44 bits per heavy atom. The first-order valence-corrected chi connectivity index (χ1v) is 6.45. The van der Waals surface area contributed by atoms with E-state index in [4.69, 9.17) is 0 Å². The van der Waals surface area contributed by atoms with Crippen molar-refractivity contribution in [1.82, 2.24) is 14.7 Å². The van der Waals surface area contributed by atoms with Crippen molar-refractivity contribution in [2.45, 2.75) is 32.2 Å². The second-order valence-electron chi connectivity index (χ2n) is 4.92. The predicted molar refractivity (Wildman–Crippen MR) is 70.0 cm³/mol. The van der Waals surface area contributed by atoms with E-state index in [1.807, 2.05) is 12.1 Å². The van der Waals surface area contributed by atoms with Crippen molar-refractivity contribution in [3.63, 3.8) is 0 Å². The Balaban J connectivity index is 2.07. The van der Waals surface area contributed by atoms with Gasteiger partial charge in [0.1, 0.15) is 11.5 Å². The zero-order chi connectivity index (χ0) is 12.5. The quantitative estimate of drug-likeness (QED) is 0.835. The monoisotopic (exact) mass is 243 g/mol. The molecule has 1 aliphatic heterocycles. The van der Waals surface area contributed by atoms with Crippen LogP contribution in [0.25, 0.3) is 5.52 Å². The maximum atomic E-state index is 11.1. The second kappa shape index (κ2) is 4.53. The number of aromatic nitrogens is 2. The Morgan fingerprint density at radius 3 is 3.17 bits per heavy atom. The number of imidazole rings is 1. The van der Waals surface area contributed by atoms with Gasteiger partial charge in [-0.1, -0.05) is 6.07 Å². The Labute approximate surface area is 106 Å². The lowest BCUT2D eigenvalue weighted by Crippen LogP contribution is -2.24. The predicted octanol–water partition coefficient (Wildman–Crippen LogP) is 1.75. The molecule has 0 aliphatic carbocycles. The third-order valence-electron chi connectivity index (χ3n) is 3.66. The largest absolute Gasteiger partial charge is 0.314 e. The van der Waals surface area contributed by atoms with E-state index in [2.05, 4.69) is 27.7 Å². The van der Waals surface area contributed by atoms with E-state index >= 15 is 0 Å². The number of carbonyl (C=O) groups is 1. The molecule has 1 N–H and O–H groups in total. The van der Waals surface area contributed by atoms with Crippen molar-refractivity contribution in [1.29, 1.82) is 0 Å². The smallest absolute Gasteiger partial charge is 0.170 e. The van der Waals surface area contributed by atoms with Gasteiger partial charge in [0.25, 0.3) is 0 Å². The summed E-state index contributed by atoms with van der Waals surface area (Å²) >= 11 is 0. The van der Waals surface area contributed by atoms with Crippen molar-refractivity contribution in [2.75, 3.05) is 6.54 Å². The van der Waals surface area contributed by atoms with Gasteiger partial charge < -0.3 is 9.72 Å². The van der Waals surface area contributed by atoms with Gasteiger partial charge in [-0.15, -0.1) is 0 Å². The fourth-order valence-electron chi connectivity index (χ4n) is 2.78. The van der Waals surface area contributed by atoms with Crippen molar-refractivity contribution in [3.8, 4) is 0 Å². The molecule has 1 atom stereocenters. The lowest BCUT2D eigenvalue weighted by molar-refractivity contribution is 0.112. The maximum absolute atomic E-state index is 11.1.